The summed E-state index contributed by atoms with van der Waals surface area (Å²) in [7, 11) is 3.11. The third-order valence-corrected chi connectivity index (χ3v) is 4.31. The molecule has 0 saturated heterocycles. The van der Waals surface area contributed by atoms with E-state index >= 15 is 0 Å². The van der Waals surface area contributed by atoms with E-state index in [-0.39, 0.29) is 12.4 Å². The van der Waals surface area contributed by atoms with Crippen LogP contribution in [0.1, 0.15) is 28.8 Å². The lowest BCUT2D eigenvalue weighted by molar-refractivity contribution is -0.137. The molecule has 2 aromatic rings. The van der Waals surface area contributed by atoms with Gasteiger partial charge >= 0.3 is 5.97 Å². The van der Waals surface area contributed by atoms with Crippen LogP contribution in [0.4, 0.5) is 0 Å². The van der Waals surface area contributed by atoms with Crippen LogP contribution in [-0.4, -0.2) is 32.6 Å². The highest BCUT2D eigenvalue weighted by molar-refractivity contribution is 9.10. The number of hydrogen-bond donors (Lipinski definition) is 0. The fraction of sp³-hybridized carbons (Fsp3) is 0.238. The molecule has 6 heteroatoms. The van der Waals surface area contributed by atoms with Crippen molar-refractivity contribution in [2.75, 3.05) is 20.8 Å². The summed E-state index contributed by atoms with van der Waals surface area (Å²) in [4.78, 5) is 23.8. The molecule has 0 saturated carbocycles. The number of carbonyl (C=O) groups excluding carboxylic acids is 2. The van der Waals surface area contributed by atoms with E-state index in [9.17, 15) is 9.59 Å². The lowest BCUT2D eigenvalue weighted by atomic mass is 10.1. The Balaban J connectivity index is 1.76. The molecule has 0 atom stereocenters. The van der Waals surface area contributed by atoms with Gasteiger partial charge in [0.05, 0.1) is 20.8 Å². The summed E-state index contributed by atoms with van der Waals surface area (Å²) in [5.74, 6) is 0.771. The fourth-order valence-electron chi connectivity index (χ4n) is 2.35. The van der Waals surface area contributed by atoms with E-state index in [1.807, 2.05) is 18.2 Å². The van der Waals surface area contributed by atoms with Gasteiger partial charge < -0.3 is 14.2 Å². The van der Waals surface area contributed by atoms with Gasteiger partial charge in [-0.15, -0.1) is 0 Å². The Morgan fingerprint density at radius 1 is 1.00 bits per heavy atom. The average Bonchev–Trinajstić information content (AvgIpc) is 2.69. The first-order valence-corrected chi connectivity index (χ1v) is 9.18. The van der Waals surface area contributed by atoms with E-state index in [2.05, 4.69) is 15.9 Å². The van der Waals surface area contributed by atoms with E-state index in [0.717, 1.165) is 10.0 Å². The SMILES string of the molecule is COc1ccc(/C=C/C(=O)OCCCC(=O)c2ccc(Br)cc2)cc1OC. The summed E-state index contributed by atoms with van der Waals surface area (Å²) >= 11 is 3.33. The van der Waals surface area contributed by atoms with Crippen LogP contribution < -0.4 is 9.47 Å². The third-order valence-electron chi connectivity index (χ3n) is 3.78. The van der Waals surface area contributed by atoms with Crippen LogP contribution in [0.15, 0.2) is 53.0 Å². The molecule has 2 rings (SSSR count). The van der Waals surface area contributed by atoms with Crippen molar-refractivity contribution >= 4 is 33.8 Å². The summed E-state index contributed by atoms with van der Waals surface area (Å²) < 4.78 is 16.4. The van der Waals surface area contributed by atoms with Gasteiger partial charge in [-0.3, -0.25) is 4.79 Å². The van der Waals surface area contributed by atoms with E-state index < -0.39 is 5.97 Å². The zero-order valence-electron chi connectivity index (χ0n) is 15.2. The van der Waals surface area contributed by atoms with Crippen molar-refractivity contribution in [3.63, 3.8) is 0 Å². The van der Waals surface area contributed by atoms with Crippen LogP contribution in [0.5, 0.6) is 11.5 Å². The maximum Gasteiger partial charge on any atom is 0.330 e. The summed E-state index contributed by atoms with van der Waals surface area (Å²) in [6, 6.07) is 12.5. The number of methoxy groups -OCH3 is 2. The van der Waals surface area contributed by atoms with Gasteiger partial charge in [-0.2, -0.15) is 0 Å². The normalized spacial score (nSPS) is 10.6. The molecule has 0 heterocycles. The van der Waals surface area contributed by atoms with Crippen molar-refractivity contribution < 1.29 is 23.8 Å². The van der Waals surface area contributed by atoms with E-state index in [0.29, 0.717) is 29.9 Å². The fourth-order valence-corrected chi connectivity index (χ4v) is 2.62. The topological polar surface area (TPSA) is 61.8 Å². The molecule has 0 aliphatic carbocycles. The Morgan fingerprint density at radius 2 is 1.70 bits per heavy atom. The number of ether oxygens (including phenoxy) is 3. The van der Waals surface area contributed by atoms with Crippen molar-refractivity contribution in [2.45, 2.75) is 12.8 Å². The van der Waals surface area contributed by atoms with E-state index in [4.69, 9.17) is 14.2 Å². The number of hydrogen-bond acceptors (Lipinski definition) is 5. The molecule has 0 unspecified atom stereocenters. The van der Waals surface area contributed by atoms with Crippen molar-refractivity contribution in [1.29, 1.82) is 0 Å². The highest BCUT2D eigenvalue weighted by atomic mass is 79.9. The first kappa shape index (κ1) is 20.7. The minimum Gasteiger partial charge on any atom is -0.493 e. The molecule has 0 aromatic heterocycles. The second kappa shape index (κ2) is 10.5. The van der Waals surface area contributed by atoms with Crippen molar-refractivity contribution in [3.8, 4) is 11.5 Å². The molecule has 0 bridgehead atoms. The van der Waals surface area contributed by atoms with Gasteiger partial charge in [0.2, 0.25) is 0 Å². The number of esters is 1. The molecular weight excluding hydrogens is 412 g/mol. The number of halogens is 1. The highest BCUT2D eigenvalue weighted by Gasteiger charge is 2.07. The van der Waals surface area contributed by atoms with Gasteiger partial charge in [0, 0.05) is 22.5 Å². The number of rotatable bonds is 9. The smallest absolute Gasteiger partial charge is 0.330 e. The average molecular weight is 433 g/mol. The summed E-state index contributed by atoms with van der Waals surface area (Å²) in [6.45, 7) is 0.192. The Kier molecular flexibility index (Phi) is 8.07. The molecule has 0 N–H and O–H groups in total. The Hall–Kier alpha value is -2.60. The first-order chi connectivity index (χ1) is 13.0. The number of ketones is 1. The van der Waals surface area contributed by atoms with Crippen LogP contribution in [0.25, 0.3) is 6.08 Å². The maximum absolute atomic E-state index is 12.0. The molecule has 0 radical (unpaired) electrons. The van der Waals surface area contributed by atoms with Gasteiger partial charge in [-0.1, -0.05) is 34.1 Å². The van der Waals surface area contributed by atoms with Gasteiger partial charge in [0.25, 0.3) is 0 Å². The van der Waals surface area contributed by atoms with E-state index in [1.165, 1.54) is 6.08 Å². The predicted octanol–water partition coefficient (Wildman–Crippen LogP) is 4.69. The second-order valence-electron chi connectivity index (χ2n) is 5.65. The summed E-state index contributed by atoms with van der Waals surface area (Å²) in [6.07, 6.45) is 3.79. The molecule has 0 amide bonds. The molecular formula is C21H21BrO5. The number of Topliss-reactive ketones (excluding diaryl/α,β-unsaturated/α-hetero) is 1. The molecule has 0 aliphatic heterocycles. The standard InChI is InChI=1S/C21H21BrO5/c1-25-19-11-5-15(14-20(19)26-2)6-12-21(24)27-13-3-4-18(23)16-7-9-17(22)10-8-16/h5-12,14H,3-4,13H2,1-2H3/b12-6+. The molecule has 2 aromatic carbocycles. The molecule has 0 spiro atoms. The van der Waals surface area contributed by atoms with Crippen LogP contribution in [0.3, 0.4) is 0 Å². The Bertz CT molecular complexity index is 812. The maximum atomic E-state index is 12.0. The van der Waals surface area contributed by atoms with Crippen LogP contribution in [-0.2, 0) is 9.53 Å². The molecule has 142 valence electrons. The van der Waals surface area contributed by atoms with E-state index in [1.54, 1.807) is 44.6 Å². The van der Waals surface area contributed by atoms with Gasteiger partial charge in [-0.25, -0.2) is 4.79 Å². The monoisotopic (exact) mass is 432 g/mol. The first-order valence-electron chi connectivity index (χ1n) is 8.39. The van der Waals surface area contributed by atoms with Gasteiger partial charge in [-0.05, 0) is 42.3 Å². The molecule has 5 nitrogen and oxygen atoms in total. The highest BCUT2D eigenvalue weighted by Crippen LogP contribution is 2.27. The van der Waals surface area contributed by atoms with Crippen molar-refractivity contribution in [3.05, 3.63) is 64.1 Å². The predicted molar refractivity (Wildman–Crippen MR) is 107 cm³/mol. The zero-order chi connectivity index (χ0) is 19.6. The number of benzene rings is 2. The molecule has 27 heavy (non-hydrogen) atoms. The quantitative estimate of drug-likeness (QED) is 0.249. The molecule has 0 aliphatic rings. The minimum absolute atomic E-state index is 0.0272. The van der Waals surface area contributed by atoms with Gasteiger partial charge in [0.1, 0.15) is 0 Å². The van der Waals surface area contributed by atoms with Gasteiger partial charge in [0.15, 0.2) is 17.3 Å². The minimum atomic E-state index is -0.458. The third kappa shape index (κ3) is 6.57. The van der Waals surface area contributed by atoms with Crippen molar-refractivity contribution in [1.82, 2.24) is 0 Å². The van der Waals surface area contributed by atoms with Crippen LogP contribution in [0, 0.1) is 0 Å². The Labute approximate surface area is 167 Å². The number of carbonyl (C=O) groups is 2. The molecule has 0 fully saturated rings. The van der Waals surface area contributed by atoms with Crippen molar-refractivity contribution in [2.24, 2.45) is 0 Å². The lowest BCUT2D eigenvalue weighted by Gasteiger charge is -2.07. The van der Waals surface area contributed by atoms with Crippen LogP contribution >= 0.6 is 15.9 Å². The summed E-state index contributed by atoms with van der Waals surface area (Å²) in [5, 5.41) is 0. The largest absolute Gasteiger partial charge is 0.493 e. The Morgan fingerprint density at radius 3 is 2.37 bits per heavy atom. The van der Waals surface area contributed by atoms with Crippen LogP contribution in [0.2, 0.25) is 0 Å². The zero-order valence-corrected chi connectivity index (χ0v) is 16.8. The second-order valence-corrected chi connectivity index (χ2v) is 6.56. The lowest BCUT2D eigenvalue weighted by Crippen LogP contribution is -2.05. The summed E-state index contributed by atoms with van der Waals surface area (Å²) in [5.41, 5.74) is 1.44.